The second-order valence-corrected chi connectivity index (χ2v) is 9.02. The minimum atomic E-state index is -2.31. The predicted molar refractivity (Wildman–Crippen MR) is 68.9 cm³/mol. The third-order valence-electron chi connectivity index (χ3n) is 3.48. The molecule has 0 fully saturated rings. The maximum Gasteiger partial charge on any atom is 0.225 e. The molecule has 0 radical (unpaired) electrons. The summed E-state index contributed by atoms with van der Waals surface area (Å²) < 4.78 is 0. The Morgan fingerprint density at radius 2 is 1.67 bits per heavy atom. The van der Waals surface area contributed by atoms with Gasteiger partial charge in [0.15, 0.2) is 0 Å². The highest BCUT2D eigenvalue weighted by molar-refractivity contribution is 6.87. The van der Waals surface area contributed by atoms with E-state index in [4.69, 9.17) is 0 Å². The zero-order valence-corrected chi connectivity index (χ0v) is 11.2. The molecule has 0 heterocycles. The Labute approximate surface area is 94.3 Å². The highest BCUT2D eigenvalue weighted by Gasteiger charge is 2.41. The maximum atomic E-state index is 11.0. The number of rotatable bonds is 4. The lowest BCUT2D eigenvalue weighted by molar-refractivity contribution is 0.502. The third-order valence-corrected chi connectivity index (χ3v) is 8.41. The Morgan fingerprint density at radius 3 is 2.07 bits per heavy atom. The van der Waals surface area contributed by atoms with E-state index < -0.39 is 8.32 Å². The molecule has 1 nitrogen and oxygen atoms in total. The van der Waals surface area contributed by atoms with E-state index in [1.165, 1.54) is 5.19 Å². The summed E-state index contributed by atoms with van der Waals surface area (Å²) in [6, 6.07) is 10.2. The molecule has 2 heteroatoms. The first kappa shape index (κ1) is 12.5. The van der Waals surface area contributed by atoms with E-state index in [1.807, 2.05) is 18.2 Å². The summed E-state index contributed by atoms with van der Waals surface area (Å²) in [7, 11) is -2.31. The number of benzene rings is 1. The van der Waals surface area contributed by atoms with Crippen LogP contribution in [0.5, 0.6) is 0 Å². The van der Waals surface area contributed by atoms with Gasteiger partial charge in [-0.15, -0.1) is 0 Å². The molecule has 0 saturated carbocycles. The van der Waals surface area contributed by atoms with Crippen molar-refractivity contribution in [1.29, 1.82) is 0 Å². The average molecular weight is 222 g/mol. The summed E-state index contributed by atoms with van der Waals surface area (Å²) in [5.74, 6) is 0. The molecule has 15 heavy (non-hydrogen) atoms. The lowest BCUT2D eigenvalue weighted by Gasteiger charge is -2.35. The zero-order chi connectivity index (χ0) is 11.5. The van der Waals surface area contributed by atoms with E-state index in [9.17, 15) is 4.80 Å². The second kappa shape index (κ2) is 4.95. The van der Waals surface area contributed by atoms with Crippen molar-refractivity contribution in [2.75, 3.05) is 0 Å². The quantitative estimate of drug-likeness (QED) is 0.776. The zero-order valence-electron chi connectivity index (χ0n) is 10.2. The molecular formula is C13H22OSi. The van der Waals surface area contributed by atoms with Crippen LogP contribution < -0.4 is 5.19 Å². The normalized spacial score (nSPS) is 17.5. The Kier molecular flexibility index (Phi) is 4.11. The molecule has 2 atom stereocenters. The lowest BCUT2D eigenvalue weighted by Crippen LogP contribution is -2.53. The van der Waals surface area contributed by atoms with Crippen molar-refractivity contribution in [2.45, 2.75) is 45.2 Å². The summed E-state index contributed by atoms with van der Waals surface area (Å²) in [6.45, 7) is 8.63. The van der Waals surface area contributed by atoms with E-state index in [0.29, 0.717) is 11.1 Å². The van der Waals surface area contributed by atoms with Crippen molar-refractivity contribution < 1.29 is 4.80 Å². The molecule has 0 spiro atoms. The molecular weight excluding hydrogens is 200 g/mol. The minimum Gasteiger partial charge on any atom is -0.427 e. The standard InChI is InChI=1S/C13H22OSi/c1-5-12(4)15(14,11(2)3)13-9-7-6-8-10-13/h6-12,14H,5H2,1-4H3. The van der Waals surface area contributed by atoms with Gasteiger partial charge in [-0.3, -0.25) is 0 Å². The molecule has 0 amide bonds. The fourth-order valence-corrected chi connectivity index (χ4v) is 5.93. The van der Waals surface area contributed by atoms with Gasteiger partial charge in [0, 0.05) is 0 Å². The molecule has 84 valence electrons. The molecule has 0 aliphatic carbocycles. The molecule has 1 aromatic rings. The highest BCUT2D eigenvalue weighted by Crippen LogP contribution is 2.31. The molecule has 1 N–H and O–H groups in total. The monoisotopic (exact) mass is 222 g/mol. The van der Waals surface area contributed by atoms with Crippen molar-refractivity contribution in [3.05, 3.63) is 30.3 Å². The van der Waals surface area contributed by atoms with Crippen LogP contribution in [0.3, 0.4) is 0 Å². The van der Waals surface area contributed by atoms with Crippen LogP contribution in [0.2, 0.25) is 11.1 Å². The highest BCUT2D eigenvalue weighted by atomic mass is 28.4. The van der Waals surface area contributed by atoms with Gasteiger partial charge in [0.05, 0.1) is 0 Å². The van der Waals surface area contributed by atoms with Gasteiger partial charge in [0.1, 0.15) is 0 Å². The van der Waals surface area contributed by atoms with Crippen molar-refractivity contribution in [3.8, 4) is 0 Å². The largest absolute Gasteiger partial charge is 0.427 e. The van der Waals surface area contributed by atoms with Crippen molar-refractivity contribution in [3.63, 3.8) is 0 Å². The second-order valence-electron chi connectivity index (χ2n) is 4.66. The van der Waals surface area contributed by atoms with E-state index in [-0.39, 0.29) is 0 Å². The molecule has 1 rings (SSSR count). The van der Waals surface area contributed by atoms with E-state index in [0.717, 1.165) is 6.42 Å². The summed E-state index contributed by atoms with van der Waals surface area (Å²) in [5.41, 5.74) is 0.787. The van der Waals surface area contributed by atoms with Crippen LogP contribution >= 0.6 is 0 Å². The fourth-order valence-electron chi connectivity index (χ4n) is 2.20. The summed E-state index contributed by atoms with van der Waals surface area (Å²) in [6.07, 6.45) is 1.05. The van der Waals surface area contributed by atoms with Gasteiger partial charge in [-0.05, 0) is 16.3 Å². The van der Waals surface area contributed by atoms with Crippen LogP contribution in [0.15, 0.2) is 30.3 Å². The van der Waals surface area contributed by atoms with Crippen molar-refractivity contribution in [2.24, 2.45) is 0 Å². The summed E-state index contributed by atoms with van der Waals surface area (Å²) in [5, 5.41) is 1.18. The van der Waals surface area contributed by atoms with Crippen LogP contribution in [0.4, 0.5) is 0 Å². The van der Waals surface area contributed by atoms with Crippen LogP contribution in [-0.2, 0) is 0 Å². The molecule has 0 bridgehead atoms. The number of hydrogen-bond donors (Lipinski definition) is 1. The van der Waals surface area contributed by atoms with Gasteiger partial charge in [0.25, 0.3) is 0 Å². The van der Waals surface area contributed by atoms with Crippen LogP contribution in [0, 0.1) is 0 Å². The fraction of sp³-hybridized carbons (Fsp3) is 0.538. The van der Waals surface area contributed by atoms with Gasteiger partial charge >= 0.3 is 0 Å². The topological polar surface area (TPSA) is 20.2 Å². The van der Waals surface area contributed by atoms with Crippen LogP contribution in [-0.4, -0.2) is 13.1 Å². The van der Waals surface area contributed by atoms with Gasteiger partial charge in [-0.25, -0.2) is 0 Å². The number of hydrogen-bond acceptors (Lipinski definition) is 1. The van der Waals surface area contributed by atoms with Gasteiger partial charge in [-0.1, -0.05) is 64.4 Å². The average Bonchev–Trinajstić information content (AvgIpc) is 2.27. The summed E-state index contributed by atoms with van der Waals surface area (Å²) in [4.78, 5) is 11.0. The molecule has 0 aliphatic rings. The SMILES string of the molecule is CCC(C)[Si](O)(c1ccccc1)C(C)C. The smallest absolute Gasteiger partial charge is 0.225 e. The van der Waals surface area contributed by atoms with Crippen LogP contribution in [0.25, 0.3) is 0 Å². The maximum absolute atomic E-state index is 11.0. The van der Waals surface area contributed by atoms with Crippen molar-refractivity contribution in [1.82, 2.24) is 0 Å². The lowest BCUT2D eigenvalue weighted by atomic mass is 10.4. The Morgan fingerprint density at radius 1 is 1.13 bits per heavy atom. The van der Waals surface area contributed by atoms with Gasteiger partial charge in [0.2, 0.25) is 8.32 Å². The third kappa shape index (κ3) is 2.32. The van der Waals surface area contributed by atoms with Gasteiger partial charge < -0.3 is 4.80 Å². The predicted octanol–water partition coefficient (Wildman–Crippen LogP) is 3.04. The Balaban J connectivity index is 3.13. The van der Waals surface area contributed by atoms with E-state index in [2.05, 4.69) is 39.8 Å². The summed E-state index contributed by atoms with van der Waals surface area (Å²) >= 11 is 0. The first-order valence-corrected chi connectivity index (χ1v) is 7.91. The van der Waals surface area contributed by atoms with Gasteiger partial charge in [-0.2, -0.15) is 0 Å². The first-order valence-electron chi connectivity index (χ1n) is 5.81. The molecule has 0 aliphatic heterocycles. The Bertz CT molecular complexity index is 297. The molecule has 1 aromatic carbocycles. The molecule has 2 unspecified atom stereocenters. The molecule has 0 saturated heterocycles. The minimum absolute atomic E-state index is 0.370. The Hall–Kier alpha value is -0.603. The first-order chi connectivity index (χ1) is 7.03. The van der Waals surface area contributed by atoms with Crippen LogP contribution in [0.1, 0.15) is 34.1 Å². The van der Waals surface area contributed by atoms with E-state index >= 15 is 0 Å². The molecule has 0 aromatic heterocycles. The van der Waals surface area contributed by atoms with Crippen molar-refractivity contribution >= 4 is 13.5 Å². The van der Waals surface area contributed by atoms with E-state index in [1.54, 1.807) is 0 Å².